The first-order chi connectivity index (χ1) is 15.7. The standard InChI is InChI=1S/C27H43N3O4/c1-10-18(5)22(29-26(33)34-27(7,8)9)25(32)30(21-15-19(21)6)23(24(31)28-16(2)3)20-13-11-12-17(4)14-20/h11-14,16,18-19,21-23H,10,15H2,1-9H3,(H,28,31)(H,29,33). The molecule has 1 aliphatic carbocycles. The number of hydrogen-bond donors (Lipinski definition) is 2. The van der Waals surface area contributed by atoms with Crippen molar-refractivity contribution in [1.82, 2.24) is 15.5 Å². The Bertz CT molecular complexity index is 877. The quantitative estimate of drug-likeness (QED) is 0.542. The Morgan fingerprint density at radius 2 is 1.76 bits per heavy atom. The van der Waals surface area contributed by atoms with E-state index in [-0.39, 0.29) is 35.7 Å². The Morgan fingerprint density at radius 1 is 1.15 bits per heavy atom. The van der Waals surface area contributed by atoms with Crippen molar-refractivity contribution in [3.05, 3.63) is 35.4 Å². The zero-order chi connectivity index (χ0) is 25.8. The average molecular weight is 474 g/mol. The van der Waals surface area contributed by atoms with E-state index in [0.29, 0.717) is 6.42 Å². The molecule has 190 valence electrons. The van der Waals surface area contributed by atoms with E-state index in [1.54, 1.807) is 25.7 Å². The molecule has 0 saturated heterocycles. The zero-order valence-corrected chi connectivity index (χ0v) is 22.3. The van der Waals surface area contributed by atoms with E-state index in [2.05, 4.69) is 17.6 Å². The maximum absolute atomic E-state index is 14.1. The molecule has 0 aromatic heterocycles. The van der Waals surface area contributed by atoms with Crippen LogP contribution in [0.2, 0.25) is 0 Å². The minimum Gasteiger partial charge on any atom is -0.444 e. The third-order valence-electron chi connectivity index (χ3n) is 6.15. The number of amides is 3. The molecule has 5 unspecified atom stereocenters. The molecule has 7 heteroatoms. The van der Waals surface area contributed by atoms with Crippen LogP contribution in [0.4, 0.5) is 4.79 Å². The van der Waals surface area contributed by atoms with Crippen LogP contribution in [0, 0.1) is 18.8 Å². The highest BCUT2D eigenvalue weighted by molar-refractivity contribution is 5.93. The molecule has 1 fully saturated rings. The number of nitrogens with one attached hydrogen (secondary N) is 2. The van der Waals surface area contributed by atoms with Crippen molar-refractivity contribution in [2.45, 2.75) is 105 Å². The summed E-state index contributed by atoms with van der Waals surface area (Å²) in [4.78, 5) is 42.0. The van der Waals surface area contributed by atoms with Crippen molar-refractivity contribution in [1.29, 1.82) is 0 Å². The van der Waals surface area contributed by atoms with Gasteiger partial charge in [0, 0.05) is 12.1 Å². The Labute approximate surface area is 205 Å². The predicted molar refractivity (Wildman–Crippen MR) is 134 cm³/mol. The average Bonchev–Trinajstić information content (AvgIpc) is 3.42. The number of ether oxygens (including phenoxy) is 1. The first-order valence-electron chi connectivity index (χ1n) is 12.4. The molecule has 2 rings (SSSR count). The van der Waals surface area contributed by atoms with Crippen LogP contribution in [0.25, 0.3) is 0 Å². The highest BCUT2D eigenvalue weighted by Gasteiger charge is 2.48. The highest BCUT2D eigenvalue weighted by atomic mass is 16.6. The number of alkyl carbamates (subject to hydrolysis) is 1. The molecule has 1 aromatic rings. The maximum atomic E-state index is 14.1. The third kappa shape index (κ3) is 7.47. The van der Waals surface area contributed by atoms with Crippen molar-refractivity contribution < 1.29 is 19.1 Å². The van der Waals surface area contributed by atoms with Crippen molar-refractivity contribution in [3.63, 3.8) is 0 Å². The van der Waals surface area contributed by atoms with Crippen LogP contribution in [0.3, 0.4) is 0 Å². The minimum absolute atomic E-state index is 0.0667. The van der Waals surface area contributed by atoms with Crippen molar-refractivity contribution >= 4 is 17.9 Å². The molecule has 1 saturated carbocycles. The molecule has 5 atom stereocenters. The van der Waals surface area contributed by atoms with Gasteiger partial charge in [-0.15, -0.1) is 0 Å². The van der Waals surface area contributed by atoms with Gasteiger partial charge in [0.1, 0.15) is 17.7 Å². The molecule has 0 aliphatic heterocycles. The summed E-state index contributed by atoms with van der Waals surface area (Å²) in [5.74, 6) is -0.321. The number of hydrogen-bond acceptors (Lipinski definition) is 4. The molecule has 0 bridgehead atoms. The van der Waals surface area contributed by atoms with E-state index in [9.17, 15) is 14.4 Å². The van der Waals surface area contributed by atoms with E-state index >= 15 is 0 Å². The third-order valence-corrected chi connectivity index (χ3v) is 6.15. The monoisotopic (exact) mass is 473 g/mol. The summed E-state index contributed by atoms with van der Waals surface area (Å²) in [5, 5.41) is 5.82. The number of rotatable bonds is 9. The van der Waals surface area contributed by atoms with Crippen molar-refractivity contribution in [2.75, 3.05) is 0 Å². The number of nitrogens with zero attached hydrogens (tertiary/aromatic N) is 1. The second-order valence-electron chi connectivity index (χ2n) is 11.0. The van der Waals surface area contributed by atoms with Crippen LogP contribution >= 0.6 is 0 Å². The number of benzene rings is 1. The summed E-state index contributed by atoms with van der Waals surface area (Å²) in [5.41, 5.74) is 1.10. The fraction of sp³-hybridized carbons (Fsp3) is 0.667. The molecule has 2 N–H and O–H groups in total. The molecule has 1 aromatic carbocycles. The molecule has 34 heavy (non-hydrogen) atoms. The van der Waals surface area contributed by atoms with Gasteiger partial charge in [0.05, 0.1) is 0 Å². The second-order valence-corrected chi connectivity index (χ2v) is 11.0. The van der Waals surface area contributed by atoms with Gasteiger partial charge >= 0.3 is 6.09 Å². The van der Waals surface area contributed by atoms with E-state index < -0.39 is 23.8 Å². The van der Waals surface area contributed by atoms with Gasteiger partial charge < -0.3 is 20.3 Å². The molecule has 1 aliphatic rings. The Hall–Kier alpha value is -2.57. The molecular formula is C27H43N3O4. The molecule has 3 amide bonds. The Kier molecular flexibility index (Phi) is 9.15. The second kappa shape index (κ2) is 11.2. The first-order valence-corrected chi connectivity index (χ1v) is 12.4. The van der Waals surface area contributed by atoms with Gasteiger partial charge in [-0.1, -0.05) is 57.0 Å². The van der Waals surface area contributed by atoms with Gasteiger partial charge in [-0.25, -0.2) is 4.79 Å². The van der Waals surface area contributed by atoms with Crippen molar-refractivity contribution in [3.8, 4) is 0 Å². The maximum Gasteiger partial charge on any atom is 0.408 e. The summed E-state index contributed by atoms with van der Waals surface area (Å²) in [6.07, 6.45) is 0.879. The van der Waals surface area contributed by atoms with Crippen molar-refractivity contribution in [2.24, 2.45) is 11.8 Å². The highest BCUT2D eigenvalue weighted by Crippen LogP contribution is 2.41. The smallest absolute Gasteiger partial charge is 0.408 e. The van der Waals surface area contributed by atoms with Crippen LogP contribution < -0.4 is 10.6 Å². The fourth-order valence-electron chi connectivity index (χ4n) is 4.09. The molecule has 0 spiro atoms. The number of carbonyl (C=O) groups excluding carboxylic acids is 3. The lowest BCUT2D eigenvalue weighted by atomic mass is 9.95. The molecule has 0 radical (unpaired) electrons. The predicted octanol–water partition coefficient (Wildman–Crippen LogP) is 4.74. The van der Waals surface area contributed by atoms with E-state index in [1.165, 1.54) is 0 Å². The van der Waals surface area contributed by atoms with Gasteiger partial charge in [-0.05, 0) is 65.4 Å². The topological polar surface area (TPSA) is 87.7 Å². The van der Waals surface area contributed by atoms with Gasteiger partial charge in [-0.2, -0.15) is 0 Å². The summed E-state index contributed by atoms with van der Waals surface area (Å²) in [7, 11) is 0. The SMILES string of the molecule is CCC(C)C(NC(=O)OC(C)(C)C)C(=O)N(C(C(=O)NC(C)C)c1cccc(C)c1)C1CC1C. The normalized spacial score (nSPS) is 20.2. The lowest BCUT2D eigenvalue weighted by Gasteiger charge is -2.37. The van der Waals surface area contributed by atoms with Gasteiger partial charge in [0.15, 0.2) is 0 Å². The molecule has 0 heterocycles. The van der Waals surface area contributed by atoms with Crippen LogP contribution in [-0.4, -0.2) is 46.5 Å². The first kappa shape index (κ1) is 27.7. The van der Waals surface area contributed by atoms with Crippen LogP contribution in [0.15, 0.2) is 24.3 Å². The number of carbonyl (C=O) groups is 3. The number of aryl methyl sites for hydroxylation is 1. The summed E-state index contributed by atoms with van der Waals surface area (Å²) >= 11 is 0. The van der Waals surface area contributed by atoms with E-state index in [1.807, 2.05) is 58.9 Å². The Balaban J connectivity index is 2.50. The lowest BCUT2D eigenvalue weighted by Crippen LogP contribution is -2.56. The van der Waals surface area contributed by atoms with E-state index in [4.69, 9.17) is 4.74 Å². The van der Waals surface area contributed by atoms with Crippen LogP contribution in [0.1, 0.15) is 85.4 Å². The fourth-order valence-corrected chi connectivity index (χ4v) is 4.09. The van der Waals surface area contributed by atoms with Gasteiger partial charge in [-0.3, -0.25) is 9.59 Å². The van der Waals surface area contributed by atoms with E-state index in [0.717, 1.165) is 17.5 Å². The summed E-state index contributed by atoms with van der Waals surface area (Å²) < 4.78 is 5.45. The van der Waals surface area contributed by atoms with Gasteiger partial charge in [0.2, 0.25) is 11.8 Å². The largest absolute Gasteiger partial charge is 0.444 e. The van der Waals surface area contributed by atoms with Crippen LogP contribution in [0.5, 0.6) is 0 Å². The lowest BCUT2D eigenvalue weighted by molar-refractivity contribution is -0.144. The summed E-state index contributed by atoms with van der Waals surface area (Å²) in [6.45, 7) is 17.1. The van der Waals surface area contributed by atoms with Gasteiger partial charge in [0.25, 0.3) is 0 Å². The zero-order valence-electron chi connectivity index (χ0n) is 22.3. The summed E-state index contributed by atoms with van der Waals surface area (Å²) in [6, 6.07) is 6.01. The molecular weight excluding hydrogens is 430 g/mol. The van der Waals surface area contributed by atoms with Crippen LogP contribution in [-0.2, 0) is 14.3 Å². The molecule has 7 nitrogen and oxygen atoms in total. The Morgan fingerprint density at radius 3 is 2.24 bits per heavy atom. The minimum atomic E-state index is -0.799.